The number of nitrogens with one attached hydrogen (secondary N) is 1. The van der Waals surface area contributed by atoms with E-state index in [1.54, 1.807) is 33.0 Å². The van der Waals surface area contributed by atoms with Crippen LogP contribution in [0.1, 0.15) is 45.1 Å². The molecule has 0 radical (unpaired) electrons. The van der Waals surface area contributed by atoms with Crippen molar-refractivity contribution in [2.45, 2.75) is 45.1 Å². The number of halogens is 1. The van der Waals surface area contributed by atoms with Crippen molar-refractivity contribution in [2.24, 2.45) is 0 Å². The van der Waals surface area contributed by atoms with Gasteiger partial charge in [-0.15, -0.1) is 12.4 Å². The molecule has 1 heterocycles. The van der Waals surface area contributed by atoms with Crippen molar-refractivity contribution in [3.63, 3.8) is 0 Å². The first-order chi connectivity index (χ1) is 11.8. The van der Waals surface area contributed by atoms with E-state index in [9.17, 15) is 14.7 Å². The van der Waals surface area contributed by atoms with E-state index in [1.165, 1.54) is 0 Å². The molecule has 2 rings (SSSR count). The van der Waals surface area contributed by atoms with Gasteiger partial charge in [-0.1, -0.05) is 18.2 Å². The van der Waals surface area contributed by atoms with E-state index >= 15 is 0 Å². The van der Waals surface area contributed by atoms with Crippen LogP contribution in [0.4, 0.5) is 4.79 Å². The van der Waals surface area contributed by atoms with Crippen LogP contribution in [-0.2, 0) is 9.53 Å². The standard InChI is InChI=1S/C19H24N2O4.ClH/c1-19(2,3)25-18(24)21-11-6-8-15(17(22)23)13-10-12-20-16-9-5-4-7-14(13)16;/h4-5,7,9-10,12,15H,6,8,11H2,1-3H3,(H,21,24)(H,22,23);1H. The number of rotatable bonds is 6. The number of alkyl carbamates (subject to hydrolysis) is 1. The van der Waals surface area contributed by atoms with E-state index < -0.39 is 23.6 Å². The summed E-state index contributed by atoms with van der Waals surface area (Å²) < 4.78 is 5.16. The fourth-order valence-electron chi connectivity index (χ4n) is 2.64. The molecule has 0 spiro atoms. The Labute approximate surface area is 159 Å². The zero-order chi connectivity index (χ0) is 18.4. The number of carbonyl (C=O) groups is 2. The van der Waals surface area contributed by atoms with Gasteiger partial charge < -0.3 is 15.2 Å². The summed E-state index contributed by atoms with van der Waals surface area (Å²) in [5.74, 6) is -1.53. The van der Waals surface area contributed by atoms with Crippen molar-refractivity contribution in [2.75, 3.05) is 6.54 Å². The molecule has 2 aromatic rings. The van der Waals surface area contributed by atoms with Crippen LogP contribution >= 0.6 is 12.4 Å². The predicted octanol–water partition coefficient (Wildman–Crippen LogP) is 4.13. The second kappa shape index (κ2) is 9.38. The van der Waals surface area contributed by atoms with Crippen LogP contribution in [-0.4, -0.2) is 34.3 Å². The van der Waals surface area contributed by atoms with Gasteiger partial charge in [-0.3, -0.25) is 9.78 Å². The molecule has 1 amide bonds. The lowest BCUT2D eigenvalue weighted by molar-refractivity contribution is -0.138. The maximum Gasteiger partial charge on any atom is 0.407 e. The van der Waals surface area contributed by atoms with Gasteiger partial charge in [-0.05, 0) is 51.3 Å². The van der Waals surface area contributed by atoms with Crippen molar-refractivity contribution >= 4 is 35.4 Å². The Morgan fingerprint density at radius 2 is 1.92 bits per heavy atom. The van der Waals surface area contributed by atoms with Crippen LogP contribution in [0.5, 0.6) is 0 Å². The van der Waals surface area contributed by atoms with Crippen LogP contribution in [0.3, 0.4) is 0 Å². The Balaban J connectivity index is 0.00000338. The molecule has 0 fully saturated rings. The molecule has 0 bridgehead atoms. The third-order valence-corrected chi connectivity index (χ3v) is 3.69. The first-order valence-corrected chi connectivity index (χ1v) is 8.31. The Bertz CT molecular complexity index is 753. The number of aromatic nitrogens is 1. The highest BCUT2D eigenvalue weighted by Gasteiger charge is 2.22. The minimum atomic E-state index is -0.881. The van der Waals surface area contributed by atoms with E-state index in [0.29, 0.717) is 19.4 Å². The molecule has 1 unspecified atom stereocenters. The van der Waals surface area contributed by atoms with Gasteiger partial charge in [-0.2, -0.15) is 0 Å². The molecule has 142 valence electrons. The second-order valence-corrected chi connectivity index (χ2v) is 6.88. The van der Waals surface area contributed by atoms with Crippen LogP contribution in [0, 0.1) is 0 Å². The largest absolute Gasteiger partial charge is 0.481 e. The molecule has 1 atom stereocenters. The Morgan fingerprint density at radius 3 is 2.58 bits per heavy atom. The van der Waals surface area contributed by atoms with Crippen molar-refractivity contribution in [1.29, 1.82) is 0 Å². The summed E-state index contributed by atoms with van der Waals surface area (Å²) in [7, 11) is 0. The predicted molar refractivity (Wildman–Crippen MR) is 103 cm³/mol. The zero-order valence-electron chi connectivity index (χ0n) is 15.2. The number of pyridine rings is 1. The van der Waals surface area contributed by atoms with Crippen molar-refractivity contribution in [1.82, 2.24) is 10.3 Å². The third-order valence-electron chi connectivity index (χ3n) is 3.69. The van der Waals surface area contributed by atoms with Crippen molar-refractivity contribution in [3.05, 3.63) is 42.1 Å². The summed E-state index contributed by atoms with van der Waals surface area (Å²) in [5, 5.41) is 13.1. The van der Waals surface area contributed by atoms with Crippen LogP contribution in [0.2, 0.25) is 0 Å². The van der Waals surface area contributed by atoms with Crippen LogP contribution in [0.25, 0.3) is 10.9 Å². The smallest absolute Gasteiger partial charge is 0.407 e. The molecule has 0 saturated heterocycles. The number of carboxylic acid groups (broad SMARTS) is 1. The molecule has 26 heavy (non-hydrogen) atoms. The number of aliphatic carboxylic acids is 1. The van der Waals surface area contributed by atoms with Crippen molar-refractivity contribution < 1.29 is 19.4 Å². The first kappa shape index (κ1) is 21.7. The molecule has 0 aliphatic carbocycles. The maximum absolute atomic E-state index is 11.7. The van der Waals surface area contributed by atoms with Crippen LogP contribution in [0.15, 0.2) is 36.5 Å². The molecule has 0 aliphatic heterocycles. The summed E-state index contributed by atoms with van der Waals surface area (Å²) in [6.07, 6.45) is 2.09. The maximum atomic E-state index is 11.7. The quantitative estimate of drug-likeness (QED) is 0.735. The summed E-state index contributed by atoms with van der Waals surface area (Å²) in [6.45, 7) is 5.74. The normalized spacial score (nSPS) is 12.1. The van der Waals surface area contributed by atoms with Gasteiger partial charge in [0.25, 0.3) is 0 Å². The number of carbonyl (C=O) groups excluding carboxylic acids is 1. The van der Waals surface area contributed by atoms with E-state index in [2.05, 4.69) is 10.3 Å². The van der Waals surface area contributed by atoms with Gasteiger partial charge in [0.15, 0.2) is 0 Å². The lowest BCUT2D eigenvalue weighted by atomic mass is 9.92. The number of amides is 1. The zero-order valence-corrected chi connectivity index (χ0v) is 16.0. The van der Waals surface area contributed by atoms with Gasteiger partial charge in [0.05, 0.1) is 11.4 Å². The fourth-order valence-corrected chi connectivity index (χ4v) is 2.64. The number of fused-ring (bicyclic) bond motifs is 1. The Morgan fingerprint density at radius 1 is 1.23 bits per heavy atom. The monoisotopic (exact) mass is 380 g/mol. The Hall–Kier alpha value is -2.34. The molecular formula is C19H25ClN2O4. The Kier molecular flexibility index (Phi) is 7.83. The highest BCUT2D eigenvalue weighted by molar-refractivity contribution is 5.88. The topological polar surface area (TPSA) is 88.5 Å². The van der Waals surface area contributed by atoms with Crippen molar-refractivity contribution in [3.8, 4) is 0 Å². The number of para-hydroxylation sites is 1. The van der Waals surface area contributed by atoms with Gasteiger partial charge in [0, 0.05) is 18.1 Å². The van der Waals surface area contributed by atoms with E-state index in [0.717, 1.165) is 16.5 Å². The summed E-state index contributed by atoms with van der Waals surface area (Å²) in [4.78, 5) is 27.6. The molecule has 1 aromatic heterocycles. The fraction of sp³-hybridized carbons (Fsp3) is 0.421. The SMILES string of the molecule is CC(C)(C)OC(=O)NCCCC(C(=O)O)c1ccnc2ccccc12.Cl. The molecule has 6 nitrogen and oxygen atoms in total. The first-order valence-electron chi connectivity index (χ1n) is 8.31. The summed E-state index contributed by atoms with van der Waals surface area (Å²) >= 11 is 0. The van der Waals surface area contributed by atoms with E-state index in [1.807, 2.05) is 24.3 Å². The van der Waals surface area contributed by atoms with Gasteiger partial charge >= 0.3 is 12.1 Å². The molecule has 0 saturated carbocycles. The van der Waals surface area contributed by atoms with Gasteiger partial charge in [0.1, 0.15) is 5.60 Å². The molecular weight excluding hydrogens is 356 g/mol. The molecule has 7 heteroatoms. The minimum Gasteiger partial charge on any atom is -0.481 e. The summed E-state index contributed by atoms with van der Waals surface area (Å²) in [5.41, 5.74) is 0.970. The summed E-state index contributed by atoms with van der Waals surface area (Å²) in [6, 6.07) is 9.24. The lowest BCUT2D eigenvalue weighted by Crippen LogP contribution is -2.33. The van der Waals surface area contributed by atoms with Crippen LogP contribution < -0.4 is 5.32 Å². The highest BCUT2D eigenvalue weighted by Crippen LogP contribution is 2.28. The minimum absolute atomic E-state index is 0. The number of nitrogens with zero attached hydrogens (tertiary/aromatic N) is 1. The number of ether oxygens (including phenoxy) is 1. The average Bonchev–Trinajstić information content (AvgIpc) is 2.52. The van der Waals surface area contributed by atoms with Gasteiger partial charge in [0.2, 0.25) is 0 Å². The lowest BCUT2D eigenvalue weighted by Gasteiger charge is -2.20. The third kappa shape index (κ3) is 6.19. The van der Waals surface area contributed by atoms with E-state index in [-0.39, 0.29) is 12.4 Å². The molecule has 1 aromatic carbocycles. The number of benzene rings is 1. The number of hydrogen-bond acceptors (Lipinski definition) is 4. The highest BCUT2D eigenvalue weighted by atomic mass is 35.5. The average molecular weight is 381 g/mol. The number of carboxylic acids is 1. The number of hydrogen-bond donors (Lipinski definition) is 2. The second-order valence-electron chi connectivity index (χ2n) is 6.88. The molecule has 2 N–H and O–H groups in total. The molecule has 0 aliphatic rings. The van der Waals surface area contributed by atoms with Gasteiger partial charge in [-0.25, -0.2) is 4.79 Å². The van der Waals surface area contributed by atoms with E-state index in [4.69, 9.17) is 4.74 Å².